The predicted molar refractivity (Wildman–Crippen MR) is 137 cm³/mol. The number of hydrogen-bond donors (Lipinski definition) is 2. The third-order valence-corrected chi connectivity index (χ3v) is 5.96. The van der Waals surface area contributed by atoms with E-state index in [2.05, 4.69) is 45.9 Å². The van der Waals surface area contributed by atoms with Gasteiger partial charge in [0, 0.05) is 36.9 Å². The smallest absolute Gasteiger partial charge is 0.253 e. The summed E-state index contributed by atoms with van der Waals surface area (Å²) in [5.74, 6) is 0.526. The Hall–Kier alpha value is -2.82. The molecule has 0 aromatic heterocycles. The van der Waals surface area contributed by atoms with Crippen molar-refractivity contribution >= 4 is 23.2 Å². The number of nitrogens with zero attached hydrogens (tertiary/aromatic N) is 1. The summed E-state index contributed by atoms with van der Waals surface area (Å²) < 4.78 is 0. The number of amides is 2. The van der Waals surface area contributed by atoms with Crippen molar-refractivity contribution in [2.45, 2.75) is 66.3 Å². The highest BCUT2D eigenvalue weighted by molar-refractivity contribution is 6.02. The maximum Gasteiger partial charge on any atom is 0.253 e. The first-order valence-corrected chi connectivity index (χ1v) is 12.1. The van der Waals surface area contributed by atoms with E-state index in [0.29, 0.717) is 23.6 Å². The number of benzene rings is 2. The van der Waals surface area contributed by atoms with Gasteiger partial charge in [-0.3, -0.25) is 9.59 Å². The Bertz CT molecular complexity index is 939. The van der Waals surface area contributed by atoms with Crippen molar-refractivity contribution in [3.63, 3.8) is 0 Å². The van der Waals surface area contributed by atoms with Crippen LogP contribution in [0.2, 0.25) is 0 Å². The molecule has 2 aromatic carbocycles. The Morgan fingerprint density at radius 3 is 2.30 bits per heavy atom. The molecule has 0 bridgehead atoms. The number of piperidine rings is 1. The number of carbonyl (C=O) groups excluding carboxylic acids is 2. The van der Waals surface area contributed by atoms with Crippen molar-refractivity contribution in [2.24, 2.45) is 11.3 Å². The summed E-state index contributed by atoms with van der Waals surface area (Å²) in [5, 5.41) is 5.99. The molecule has 5 heteroatoms. The van der Waals surface area contributed by atoms with Gasteiger partial charge in [-0.25, -0.2) is 0 Å². The Morgan fingerprint density at radius 2 is 1.70 bits per heavy atom. The van der Waals surface area contributed by atoms with Gasteiger partial charge in [-0.2, -0.15) is 0 Å². The van der Waals surface area contributed by atoms with Gasteiger partial charge in [0.25, 0.3) is 5.91 Å². The summed E-state index contributed by atoms with van der Waals surface area (Å²) in [6.45, 7) is 11.9. The molecule has 0 saturated carbocycles. The molecular formula is C28H39N3O2. The lowest BCUT2D eigenvalue weighted by molar-refractivity contribution is -0.117. The molecule has 0 radical (unpaired) electrons. The number of carbonyl (C=O) groups is 2. The first-order chi connectivity index (χ1) is 15.6. The van der Waals surface area contributed by atoms with Crippen molar-refractivity contribution in [1.82, 2.24) is 5.32 Å². The van der Waals surface area contributed by atoms with Gasteiger partial charge in [0.1, 0.15) is 0 Å². The fraction of sp³-hybridized carbons (Fsp3) is 0.500. The molecule has 3 rings (SSSR count). The van der Waals surface area contributed by atoms with Gasteiger partial charge in [-0.15, -0.1) is 0 Å². The quantitative estimate of drug-likeness (QED) is 0.573. The Labute approximate surface area is 199 Å². The van der Waals surface area contributed by atoms with E-state index in [-0.39, 0.29) is 23.3 Å². The van der Waals surface area contributed by atoms with Crippen molar-refractivity contribution in [2.75, 3.05) is 23.3 Å². The third-order valence-electron chi connectivity index (χ3n) is 5.96. The van der Waals surface area contributed by atoms with Crippen LogP contribution in [0, 0.1) is 11.3 Å². The molecule has 1 saturated heterocycles. The first kappa shape index (κ1) is 24.8. The first-order valence-electron chi connectivity index (χ1n) is 12.1. The molecule has 178 valence electrons. The van der Waals surface area contributed by atoms with Crippen LogP contribution in [0.15, 0.2) is 48.5 Å². The zero-order valence-electron chi connectivity index (χ0n) is 20.8. The van der Waals surface area contributed by atoms with Crippen molar-refractivity contribution in [3.8, 4) is 0 Å². The number of nitrogens with one attached hydrogen (secondary N) is 2. The summed E-state index contributed by atoms with van der Waals surface area (Å²) >= 11 is 0. The van der Waals surface area contributed by atoms with Gasteiger partial charge in [0.15, 0.2) is 0 Å². The zero-order chi connectivity index (χ0) is 24.0. The summed E-state index contributed by atoms with van der Waals surface area (Å²) in [6, 6.07) is 16.4. The molecule has 2 aromatic rings. The van der Waals surface area contributed by atoms with E-state index in [1.807, 2.05) is 52.8 Å². The van der Waals surface area contributed by atoms with E-state index in [1.165, 1.54) is 5.56 Å². The molecule has 1 aliphatic heterocycles. The van der Waals surface area contributed by atoms with Crippen LogP contribution in [0.1, 0.15) is 69.8 Å². The largest absolute Gasteiger partial charge is 0.371 e. The average molecular weight is 450 g/mol. The van der Waals surface area contributed by atoms with E-state index in [9.17, 15) is 9.59 Å². The maximum atomic E-state index is 13.0. The van der Waals surface area contributed by atoms with Gasteiger partial charge in [0.2, 0.25) is 5.91 Å². The van der Waals surface area contributed by atoms with Gasteiger partial charge in [-0.05, 0) is 68.2 Å². The van der Waals surface area contributed by atoms with Crippen LogP contribution < -0.4 is 15.5 Å². The topological polar surface area (TPSA) is 61.4 Å². The van der Waals surface area contributed by atoms with Crippen LogP contribution in [0.4, 0.5) is 11.4 Å². The summed E-state index contributed by atoms with van der Waals surface area (Å²) in [5.41, 5.74) is 3.54. The van der Waals surface area contributed by atoms with Crippen molar-refractivity contribution in [1.29, 1.82) is 0 Å². The molecule has 2 amide bonds. The van der Waals surface area contributed by atoms with E-state index < -0.39 is 0 Å². The zero-order valence-corrected chi connectivity index (χ0v) is 20.8. The molecule has 1 aliphatic rings. The third kappa shape index (κ3) is 7.62. The van der Waals surface area contributed by atoms with E-state index in [0.717, 1.165) is 38.0 Å². The number of hydrogen-bond acceptors (Lipinski definition) is 3. The van der Waals surface area contributed by atoms with Gasteiger partial charge in [0.05, 0.1) is 5.56 Å². The second-order valence-corrected chi connectivity index (χ2v) is 10.8. The minimum Gasteiger partial charge on any atom is -0.371 e. The highest BCUT2D eigenvalue weighted by atomic mass is 16.2. The number of rotatable bonds is 7. The molecule has 0 atom stereocenters. The maximum absolute atomic E-state index is 13.0. The molecule has 0 aliphatic carbocycles. The highest BCUT2D eigenvalue weighted by Crippen LogP contribution is 2.30. The average Bonchev–Trinajstić information content (AvgIpc) is 2.73. The summed E-state index contributed by atoms with van der Waals surface area (Å²) in [6.07, 6.45) is 3.74. The molecule has 1 heterocycles. The minimum absolute atomic E-state index is 0.0350. The standard InChI is InChI=1S/C28H39N3O2/c1-20(2)29-27(33)24-18-23(30-26(32)19-28(3,4)5)11-12-25(24)31-15-13-22(14-16-31)17-21-9-7-6-8-10-21/h6-12,18,20,22H,13-17,19H2,1-5H3,(H,29,33)(H,30,32). The van der Waals surface area contributed by atoms with E-state index in [4.69, 9.17) is 0 Å². The van der Waals surface area contributed by atoms with E-state index >= 15 is 0 Å². The van der Waals surface area contributed by atoms with Gasteiger partial charge in [-0.1, -0.05) is 51.1 Å². The van der Waals surface area contributed by atoms with Crippen LogP contribution in [0.3, 0.4) is 0 Å². The van der Waals surface area contributed by atoms with Crippen LogP contribution in [0.25, 0.3) is 0 Å². The van der Waals surface area contributed by atoms with Crippen LogP contribution in [-0.4, -0.2) is 30.9 Å². The Balaban J connectivity index is 1.73. The van der Waals surface area contributed by atoms with Crippen LogP contribution in [-0.2, 0) is 11.2 Å². The molecule has 1 fully saturated rings. The molecule has 5 nitrogen and oxygen atoms in total. The van der Waals surface area contributed by atoms with Crippen LogP contribution >= 0.6 is 0 Å². The van der Waals surface area contributed by atoms with E-state index in [1.54, 1.807) is 0 Å². The lowest BCUT2D eigenvalue weighted by Crippen LogP contribution is -2.37. The number of anilines is 2. The Morgan fingerprint density at radius 1 is 1.03 bits per heavy atom. The second kappa shape index (κ2) is 10.9. The highest BCUT2D eigenvalue weighted by Gasteiger charge is 2.24. The molecule has 2 N–H and O–H groups in total. The molecule has 0 unspecified atom stereocenters. The van der Waals surface area contributed by atoms with Gasteiger partial charge < -0.3 is 15.5 Å². The summed E-state index contributed by atoms with van der Waals surface area (Å²) in [4.78, 5) is 27.8. The predicted octanol–water partition coefficient (Wildman–Crippen LogP) is 5.66. The Kier molecular flexibility index (Phi) is 8.17. The SMILES string of the molecule is CC(C)NC(=O)c1cc(NC(=O)CC(C)(C)C)ccc1N1CCC(Cc2ccccc2)CC1. The van der Waals surface area contributed by atoms with Crippen molar-refractivity contribution < 1.29 is 9.59 Å². The summed E-state index contributed by atoms with van der Waals surface area (Å²) in [7, 11) is 0. The molecular weight excluding hydrogens is 410 g/mol. The fourth-order valence-corrected chi connectivity index (χ4v) is 4.42. The molecule has 0 spiro atoms. The lowest BCUT2D eigenvalue weighted by Gasteiger charge is -2.35. The van der Waals surface area contributed by atoms with Crippen molar-refractivity contribution in [3.05, 3.63) is 59.7 Å². The van der Waals surface area contributed by atoms with Gasteiger partial charge >= 0.3 is 0 Å². The molecule has 33 heavy (non-hydrogen) atoms. The second-order valence-electron chi connectivity index (χ2n) is 10.8. The fourth-order valence-electron chi connectivity index (χ4n) is 4.42. The van der Waals surface area contributed by atoms with Crippen LogP contribution in [0.5, 0.6) is 0 Å². The monoisotopic (exact) mass is 449 g/mol. The minimum atomic E-state index is -0.0988. The lowest BCUT2D eigenvalue weighted by atomic mass is 9.89. The normalized spacial score (nSPS) is 14.9.